The molecule has 7 heteroatoms. The number of nitrogens with one attached hydrogen (secondary N) is 2. The molecule has 0 unspecified atom stereocenters. The van der Waals surface area contributed by atoms with Gasteiger partial charge in [0.05, 0.1) is 0 Å². The minimum absolute atomic E-state index is 0.171. The summed E-state index contributed by atoms with van der Waals surface area (Å²) in [7, 11) is 0. The number of carbonyl (C=O) groups excluding carboxylic acids is 1. The fraction of sp³-hybridized carbons (Fsp3) is 0.125. The van der Waals surface area contributed by atoms with Crippen molar-refractivity contribution in [1.29, 1.82) is 0 Å². The number of hydrogen-bond acceptors (Lipinski definition) is 4. The Balaban J connectivity index is 1.87. The number of thiocarbonyl (C=S) groups is 1. The number of amides is 1. The molecule has 5 nitrogen and oxygen atoms in total. The number of anilines is 1. The van der Waals surface area contributed by atoms with E-state index in [1.165, 1.54) is 0 Å². The van der Waals surface area contributed by atoms with E-state index in [4.69, 9.17) is 21.4 Å². The number of rotatable bonds is 5. The summed E-state index contributed by atoms with van der Waals surface area (Å²) in [5.74, 6) is 0.480. The molecule has 0 aliphatic heterocycles. The SMILES string of the molecule is C=C(C)COc1ccc(NC(=S)NC(=O)c2ccc(Br)o2)cc1. The van der Waals surface area contributed by atoms with Crippen LogP contribution in [0.5, 0.6) is 5.75 Å². The molecule has 0 spiro atoms. The van der Waals surface area contributed by atoms with Gasteiger partial charge in [-0.3, -0.25) is 10.1 Å². The van der Waals surface area contributed by atoms with Crippen LogP contribution < -0.4 is 15.4 Å². The standard InChI is InChI=1S/C16H15BrN2O3S/c1-10(2)9-21-12-5-3-11(4-6-12)18-16(23)19-15(20)13-7-8-14(17)22-13/h3-8H,1,9H2,2H3,(H2,18,19,20,23). The van der Waals surface area contributed by atoms with Crippen LogP contribution in [0.25, 0.3) is 0 Å². The Labute approximate surface area is 147 Å². The van der Waals surface area contributed by atoms with Gasteiger partial charge in [-0.2, -0.15) is 0 Å². The molecule has 23 heavy (non-hydrogen) atoms. The smallest absolute Gasteiger partial charge is 0.293 e. The molecule has 2 N–H and O–H groups in total. The fourth-order valence-electron chi connectivity index (χ4n) is 1.60. The van der Waals surface area contributed by atoms with Gasteiger partial charge in [-0.25, -0.2) is 0 Å². The van der Waals surface area contributed by atoms with E-state index < -0.39 is 5.91 Å². The second-order valence-corrected chi connectivity index (χ2v) is 5.97. The molecule has 0 saturated carbocycles. The molecule has 0 fully saturated rings. The van der Waals surface area contributed by atoms with Crippen LogP contribution in [0.15, 0.2) is 57.6 Å². The minimum atomic E-state index is -0.422. The highest BCUT2D eigenvalue weighted by Gasteiger charge is 2.12. The summed E-state index contributed by atoms with van der Waals surface area (Å²) >= 11 is 8.23. The van der Waals surface area contributed by atoms with Crippen LogP contribution >= 0.6 is 28.1 Å². The van der Waals surface area contributed by atoms with Crippen molar-refractivity contribution >= 4 is 44.9 Å². The molecule has 0 saturated heterocycles. The van der Waals surface area contributed by atoms with Crippen molar-refractivity contribution in [3.63, 3.8) is 0 Å². The zero-order valence-electron chi connectivity index (χ0n) is 12.4. The average Bonchev–Trinajstić information content (AvgIpc) is 2.93. The van der Waals surface area contributed by atoms with Gasteiger partial charge in [0.2, 0.25) is 0 Å². The lowest BCUT2D eigenvalue weighted by molar-refractivity contribution is 0.0949. The number of halogens is 1. The van der Waals surface area contributed by atoms with Gasteiger partial charge in [-0.15, -0.1) is 0 Å². The zero-order chi connectivity index (χ0) is 16.8. The first kappa shape index (κ1) is 17.2. The van der Waals surface area contributed by atoms with Crippen LogP contribution in [0.2, 0.25) is 0 Å². The largest absolute Gasteiger partial charge is 0.489 e. The number of ether oxygens (including phenoxy) is 1. The van der Waals surface area contributed by atoms with Crippen LogP contribution in [-0.2, 0) is 0 Å². The Morgan fingerprint density at radius 2 is 2.00 bits per heavy atom. The second kappa shape index (κ2) is 7.94. The Morgan fingerprint density at radius 1 is 1.30 bits per heavy atom. The van der Waals surface area contributed by atoms with E-state index in [1.54, 1.807) is 36.4 Å². The first-order valence-corrected chi connectivity index (χ1v) is 7.89. The highest BCUT2D eigenvalue weighted by atomic mass is 79.9. The van der Waals surface area contributed by atoms with Crippen molar-refractivity contribution in [3.8, 4) is 5.75 Å². The fourth-order valence-corrected chi connectivity index (χ4v) is 2.12. The van der Waals surface area contributed by atoms with Gasteiger partial charge in [0.25, 0.3) is 5.91 Å². The first-order chi connectivity index (χ1) is 10.9. The van der Waals surface area contributed by atoms with Crippen molar-refractivity contribution < 1.29 is 13.9 Å². The van der Waals surface area contributed by atoms with E-state index in [-0.39, 0.29) is 10.9 Å². The number of furan rings is 1. The molecule has 0 radical (unpaired) electrons. The van der Waals surface area contributed by atoms with Crippen LogP contribution in [0, 0.1) is 0 Å². The summed E-state index contributed by atoms with van der Waals surface area (Å²) in [6, 6.07) is 10.4. The van der Waals surface area contributed by atoms with Crippen molar-refractivity contribution in [2.24, 2.45) is 0 Å². The van der Waals surface area contributed by atoms with Crippen molar-refractivity contribution in [2.45, 2.75) is 6.92 Å². The molecule has 0 aliphatic rings. The normalized spacial score (nSPS) is 10.0. The minimum Gasteiger partial charge on any atom is -0.489 e. The van der Waals surface area contributed by atoms with Crippen LogP contribution in [0.4, 0.5) is 5.69 Å². The Hall–Kier alpha value is -2.12. The molecule has 0 atom stereocenters. The number of hydrogen-bond donors (Lipinski definition) is 2. The third kappa shape index (κ3) is 5.54. The number of carbonyl (C=O) groups is 1. The van der Waals surface area contributed by atoms with E-state index in [0.29, 0.717) is 11.3 Å². The van der Waals surface area contributed by atoms with Gasteiger partial charge >= 0.3 is 0 Å². The Morgan fingerprint density at radius 3 is 2.57 bits per heavy atom. The summed E-state index contributed by atoms with van der Waals surface area (Å²) in [5, 5.41) is 5.63. The van der Waals surface area contributed by atoms with Gasteiger partial charge in [0, 0.05) is 5.69 Å². The molecule has 2 rings (SSSR count). The quantitative estimate of drug-likeness (QED) is 0.589. The van der Waals surface area contributed by atoms with Crippen molar-refractivity contribution in [1.82, 2.24) is 5.32 Å². The summed E-state index contributed by atoms with van der Waals surface area (Å²) in [5.41, 5.74) is 1.68. The molecule has 120 valence electrons. The predicted octanol–water partition coefficient (Wildman–Crippen LogP) is 4.12. The maximum absolute atomic E-state index is 11.9. The van der Waals surface area contributed by atoms with Crippen molar-refractivity contribution in [3.05, 3.63) is 59.0 Å². The third-order valence-corrected chi connectivity index (χ3v) is 3.25. The molecule has 1 aromatic heterocycles. The summed E-state index contributed by atoms with van der Waals surface area (Å²) in [4.78, 5) is 11.9. The molecule has 0 bridgehead atoms. The summed E-state index contributed by atoms with van der Waals surface area (Å²) < 4.78 is 11.1. The molecular weight excluding hydrogens is 380 g/mol. The number of benzene rings is 1. The van der Waals surface area contributed by atoms with Gasteiger partial charge in [-0.1, -0.05) is 6.58 Å². The van der Waals surface area contributed by atoms with Gasteiger partial charge in [0.1, 0.15) is 12.4 Å². The highest BCUT2D eigenvalue weighted by molar-refractivity contribution is 9.10. The summed E-state index contributed by atoms with van der Waals surface area (Å²) in [6.45, 7) is 6.15. The molecule has 0 aliphatic carbocycles. The average molecular weight is 395 g/mol. The van der Waals surface area contributed by atoms with Crippen LogP contribution in [-0.4, -0.2) is 17.6 Å². The maximum Gasteiger partial charge on any atom is 0.293 e. The molecule has 1 amide bonds. The third-order valence-electron chi connectivity index (χ3n) is 2.62. The lowest BCUT2D eigenvalue weighted by Gasteiger charge is -2.10. The molecule has 2 aromatic rings. The van der Waals surface area contributed by atoms with Gasteiger partial charge in [-0.05, 0) is 77.0 Å². The monoisotopic (exact) mass is 394 g/mol. The van der Waals surface area contributed by atoms with E-state index in [9.17, 15) is 4.79 Å². The van der Waals surface area contributed by atoms with E-state index >= 15 is 0 Å². The van der Waals surface area contributed by atoms with E-state index in [1.807, 2.05) is 6.92 Å². The Kier molecular flexibility index (Phi) is 5.95. The first-order valence-electron chi connectivity index (χ1n) is 6.69. The maximum atomic E-state index is 11.9. The van der Waals surface area contributed by atoms with Gasteiger partial charge in [0.15, 0.2) is 15.5 Å². The summed E-state index contributed by atoms with van der Waals surface area (Å²) in [6.07, 6.45) is 0. The Bertz CT molecular complexity index is 725. The lowest BCUT2D eigenvalue weighted by atomic mass is 10.3. The molecular formula is C16H15BrN2O3S. The van der Waals surface area contributed by atoms with Gasteiger partial charge < -0.3 is 14.5 Å². The zero-order valence-corrected chi connectivity index (χ0v) is 14.8. The van der Waals surface area contributed by atoms with Crippen LogP contribution in [0.3, 0.4) is 0 Å². The highest BCUT2D eigenvalue weighted by Crippen LogP contribution is 2.16. The lowest BCUT2D eigenvalue weighted by Crippen LogP contribution is -2.33. The molecule has 1 heterocycles. The van der Waals surface area contributed by atoms with E-state index in [0.717, 1.165) is 17.0 Å². The molecule has 1 aromatic carbocycles. The topological polar surface area (TPSA) is 63.5 Å². The second-order valence-electron chi connectivity index (χ2n) is 4.78. The van der Waals surface area contributed by atoms with Crippen LogP contribution in [0.1, 0.15) is 17.5 Å². The van der Waals surface area contributed by atoms with Crippen molar-refractivity contribution in [2.75, 3.05) is 11.9 Å². The predicted molar refractivity (Wildman–Crippen MR) is 96.8 cm³/mol. The van der Waals surface area contributed by atoms with E-state index in [2.05, 4.69) is 33.1 Å².